The molecule has 1 heterocycles. The van der Waals surface area contributed by atoms with Gasteiger partial charge in [-0.15, -0.1) is 0 Å². The van der Waals surface area contributed by atoms with Gasteiger partial charge < -0.3 is 14.7 Å². The monoisotopic (exact) mass is 227 g/mol. The Morgan fingerprint density at radius 1 is 1.44 bits per heavy atom. The summed E-state index contributed by atoms with van der Waals surface area (Å²) < 4.78 is 5.23. The molecule has 0 aliphatic carbocycles. The third kappa shape index (κ3) is 2.82. The predicted octanol–water partition coefficient (Wildman–Crippen LogP) is 0.653. The van der Waals surface area contributed by atoms with Crippen LogP contribution in [0.2, 0.25) is 0 Å². The number of rotatable bonds is 2. The zero-order valence-electron chi connectivity index (χ0n) is 9.77. The van der Waals surface area contributed by atoms with Crippen LogP contribution in [0.15, 0.2) is 11.6 Å². The molecule has 1 unspecified atom stereocenters. The minimum absolute atomic E-state index is 0.115. The Hall–Kier alpha value is -1.36. The van der Waals surface area contributed by atoms with Gasteiger partial charge in [-0.25, -0.2) is 4.79 Å². The summed E-state index contributed by atoms with van der Waals surface area (Å²) >= 11 is 0. The van der Waals surface area contributed by atoms with Crippen molar-refractivity contribution in [1.29, 1.82) is 0 Å². The molecule has 0 spiro atoms. The van der Waals surface area contributed by atoms with Crippen LogP contribution >= 0.6 is 0 Å². The Morgan fingerprint density at radius 3 is 2.56 bits per heavy atom. The second kappa shape index (κ2) is 5.12. The summed E-state index contributed by atoms with van der Waals surface area (Å²) in [5.74, 6) is -1.15. The summed E-state index contributed by atoms with van der Waals surface area (Å²) in [6.07, 6.45) is 0.555. The van der Waals surface area contributed by atoms with Gasteiger partial charge in [-0.05, 0) is 20.8 Å². The summed E-state index contributed by atoms with van der Waals surface area (Å²) in [4.78, 5) is 24.2. The first-order valence-electron chi connectivity index (χ1n) is 5.26. The van der Waals surface area contributed by atoms with Gasteiger partial charge in [-0.1, -0.05) is 6.08 Å². The molecule has 0 bridgehead atoms. The van der Waals surface area contributed by atoms with Crippen molar-refractivity contribution in [2.45, 2.75) is 33.0 Å². The lowest BCUT2D eigenvalue weighted by molar-refractivity contribution is -0.165. The summed E-state index contributed by atoms with van der Waals surface area (Å²) in [6, 6.07) is 0. The van der Waals surface area contributed by atoms with Crippen LogP contribution in [0.5, 0.6) is 0 Å². The number of hydrogen-bond acceptors (Lipinski definition) is 3. The maximum absolute atomic E-state index is 11.9. The SMILES string of the molecule is C/C=C(/C)C(=O)N1CC(C(=O)O)O[C@H](C)C1. The van der Waals surface area contributed by atoms with Gasteiger partial charge in [0.25, 0.3) is 0 Å². The fourth-order valence-electron chi connectivity index (χ4n) is 1.63. The number of carbonyl (C=O) groups excluding carboxylic acids is 1. The van der Waals surface area contributed by atoms with Gasteiger partial charge in [0, 0.05) is 12.1 Å². The predicted molar refractivity (Wildman–Crippen MR) is 58.0 cm³/mol. The number of amides is 1. The Balaban J connectivity index is 2.74. The van der Waals surface area contributed by atoms with E-state index in [0.29, 0.717) is 12.1 Å². The van der Waals surface area contributed by atoms with Gasteiger partial charge >= 0.3 is 5.97 Å². The van der Waals surface area contributed by atoms with Crippen molar-refractivity contribution in [3.05, 3.63) is 11.6 Å². The number of carboxylic acid groups (broad SMARTS) is 1. The molecule has 5 nitrogen and oxygen atoms in total. The Kier molecular flexibility index (Phi) is 4.06. The van der Waals surface area contributed by atoms with Crippen LogP contribution < -0.4 is 0 Å². The first kappa shape index (κ1) is 12.7. The molecule has 1 aliphatic rings. The highest BCUT2D eigenvalue weighted by Gasteiger charge is 2.32. The van der Waals surface area contributed by atoms with Crippen LogP contribution in [0.1, 0.15) is 20.8 Å². The quantitative estimate of drug-likeness (QED) is 0.703. The Labute approximate surface area is 94.7 Å². The molecule has 1 amide bonds. The van der Waals surface area contributed by atoms with Crippen LogP contribution in [-0.2, 0) is 14.3 Å². The van der Waals surface area contributed by atoms with Crippen LogP contribution in [0.3, 0.4) is 0 Å². The molecular formula is C11H17NO4. The van der Waals surface area contributed by atoms with E-state index >= 15 is 0 Å². The highest BCUT2D eigenvalue weighted by molar-refractivity contribution is 5.93. The largest absolute Gasteiger partial charge is 0.479 e. The number of carbonyl (C=O) groups is 2. The van der Waals surface area contributed by atoms with Crippen LogP contribution in [-0.4, -0.2) is 47.2 Å². The maximum atomic E-state index is 11.9. The number of nitrogens with zero attached hydrogens (tertiary/aromatic N) is 1. The molecular weight excluding hydrogens is 210 g/mol. The zero-order chi connectivity index (χ0) is 12.3. The minimum Gasteiger partial charge on any atom is -0.479 e. The van der Waals surface area contributed by atoms with E-state index in [9.17, 15) is 9.59 Å². The fraction of sp³-hybridized carbons (Fsp3) is 0.636. The highest BCUT2D eigenvalue weighted by Crippen LogP contribution is 2.13. The van der Waals surface area contributed by atoms with E-state index in [1.807, 2.05) is 0 Å². The van der Waals surface area contributed by atoms with E-state index in [0.717, 1.165) is 0 Å². The molecule has 0 radical (unpaired) electrons. The van der Waals surface area contributed by atoms with E-state index in [4.69, 9.17) is 9.84 Å². The van der Waals surface area contributed by atoms with Gasteiger partial charge in [-0.3, -0.25) is 4.79 Å². The number of morpholine rings is 1. The molecule has 1 N–H and O–H groups in total. The Bertz CT molecular complexity index is 324. The van der Waals surface area contributed by atoms with E-state index in [-0.39, 0.29) is 18.6 Å². The van der Waals surface area contributed by atoms with Crippen molar-refractivity contribution in [3.63, 3.8) is 0 Å². The first-order valence-corrected chi connectivity index (χ1v) is 5.26. The number of aliphatic carboxylic acids is 1. The van der Waals surface area contributed by atoms with Crippen LogP contribution in [0.25, 0.3) is 0 Å². The molecule has 16 heavy (non-hydrogen) atoms. The van der Waals surface area contributed by atoms with Crippen molar-refractivity contribution in [2.75, 3.05) is 13.1 Å². The summed E-state index contributed by atoms with van der Waals surface area (Å²) in [5.41, 5.74) is 0.623. The highest BCUT2D eigenvalue weighted by atomic mass is 16.5. The molecule has 0 aromatic carbocycles. The zero-order valence-corrected chi connectivity index (χ0v) is 9.77. The normalized spacial score (nSPS) is 26.7. The summed E-state index contributed by atoms with van der Waals surface area (Å²) in [6.45, 7) is 5.82. The summed E-state index contributed by atoms with van der Waals surface area (Å²) in [7, 11) is 0. The standard InChI is InChI=1S/C11H17NO4/c1-4-7(2)10(13)12-5-8(3)16-9(6-12)11(14)15/h4,8-9H,5-6H2,1-3H3,(H,14,15)/b7-4-/t8-,9?/m1/s1. The summed E-state index contributed by atoms with van der Waals surface area (Å²) in [5, 5.41) is 8.87. The average Bonchev–Trinajstić information content (AvgIpc) is 2.26. The molecule has 5 heteroatoms. The van der Waals surface area contributed by atoms with Crippen molar-refractivity contribution < 1.29 is 19.4 Å². The van der Waals surface area contributed by atoms with E-state index in [1.165, 1.54) is 4.90 Å². The molecule has 0 saturated carbocycles. The lowest BCUT2D eigenvalue weighted by Crippen LogP contribution is -2.52. The van der Waals surface area contributed by atoms with Gasteiger partial charge in [-0.2, -0.15) is 0 Å². The average molecular weight is 227 g/mol. The number of hydrogen-bond donors (Lipinski definition) is 1. The minimum atomic E-state index is -1.03. The second-order valence-electron chi connectivity index (χ2n) is 3.96. The fourth-order valence-corrected chi connectivity index (χ4v) is 1.63. The van der Waals surface area contributed by atoms with Crippen molar-refractivity contribution in [2.24, 2.45) is 0 Å². The van der Waals surface area contributed by atoms with Crippen molar-refractivity contribution in [3.8, 4) is 0 Å². The number of carboxylic acids is 1. The Morgan fingerprint density at radius 2 is 2.06 bits per heavy atom. The van der Waals surface area contributed by atoms with Gasteiger partial charge in [0.2, 0.25) is 5.91 Å². The molecule has 1 aliphatic heterocycles. The van der Waals surface area contributed by atoms with Crippen LogP contribution in [0.4, 0.5) is 0 Å². The molecule has 1 rings (SSSR count). The molecule has 1 saturated heterocycles. The number of allylic oxidation sites excluding steroid dienone is 1. The van der Waals surface area contributed by atoms with Crippen molar-refractivity contribution >= 4 is 11.9 Å². The van der Waals surface area contributed by atoms with E-state index in [2.05, 4.69) is 0 Å². The van der Waals surface area contributed by atoms with E-state index < -0.39 is 12.1 Å². The lowest BCUT2D eigenvalue weighted by Gasteiger charge is -2.35. The van der Waals surface area contributed by atoms with E-state index in [1.54, 1.807) is 26.8 Å². The van der Waals surface area contributed by atoms with Crippen molar-refractivity contribution in [1.82, 2.24) is 4.90 Å². The molecule has 0 aromatic rings. The first-order chi connectivity index (χ1) is 7.45. The molecule has 2 atom stereocenters. The van der Waals surface area contributed by atoms with Gasteiger partial charge in [0.05, 0.1) is 12.6 Å². The molecule has 90 valence electrons. The van der Waals surface area contributed by atoms with Crippen LogP contribution in [0, 0.1) is 0 Å². The second-order valence-corrected chi connectivity index (χ2v) is 3.96. The molecule has 1 fully saturated rings. The third-order valence-corrected chi connectivity index (χ3v) is 2.59. The lowest BCUT2D eigenvalue weighted by atomic mass is 10.1. The van der Waals surface area contributed by atoms with Gasteiger partial charge in [0.15, 0.2) is 6.10 Å². The number of ether oxygens (including phenoxy) is 1. The maximum Gasteiger partial charge on any atom is 0.334 e. The van der Waals surface area contributed by atoms with Gasteiger partial charge in [0.1, 0.15) is 0 Å². The third-order valence-electron chi connectivity index (χ3n) is 2.59. The smallest absolute Gasteiger partial charge is 0.334 e. The molecule has 0 aromatic heterocycles. The topological polar surface area (TPSA) is 66.8 Å².